The Kier molecular flexibility index (Phi) is 7.30. The average Bonchev–Trinajstić information content (AvgIpc) is 2.47. The molecule has 0 saturated heterocycles. The zero-order valence-corrected chi connectivity index (χ0v) is 13.5. The molecule has 0 bridgehead atoms. The van der Waals surface area contributed by atoms with Gasteiger partial charge < -0.3 is 10.6 Å². The predicted molar refractivity (Wildman–Crippen MR) is 85.1 cm³/mol. The van der Waals surface area contributed by atoms with Gasteiger partial charge in [-0.3, -0.25) is 9.59 Å². The van der Waals surface area contributed by atoms with Gasteiger partial charge in [-0.25, -0.2) is 0 Å². The summed E-state index contributed by atoms with van der Waals surface area (Å²) in [6.07, 6.45) is 1.97. The highest BCUT2D eigenvalue weighted by Crippen LogP contribution is 2.10. The fourth-order valence-electron chi connectivity index (χ4n) is 1.64. The highest BCUT2D eigenvalue weighted by Gasteiger charge is 2.11. The Balaban J connectivity index is 2.31. The van der Waals surface area contributed by atoms with Crippen molar-refractivity contribution in [3.63, 3.8) is 0 Å². The number of rotatable bonds is 7. The second kappa shape index (κ2) is 8.74. The van der Waals surface area contributed by atoms with Crippen LogP contribution < -0.4 is 10.6 Å². The lowest BCUT2D eigenvalue weighted by molar-refractivity contribution is -0.120. The van der Waals surface area contributed by atoms with Gasteiger partial charge in [0.15, 0.2) is 0 Å². The van der Waals surface area contributed by atoms with E-state index in [-0.39, 0.29) is 23.1 Å². The van der Waals surface area contributed by atoms with E-state index in [0.29, 0.717) is 6.54 Å². The number of anilines is 1. The first-order chi connectivity index (χ1) is 9.56. The molecule has 0 aliphatic heterocycles. The normalized spacial score (nSPS) is 11.8. The number of hydrogen-bond donors (Lipinski definition) is 2. The van der Waals surface area contributed by atoms with Crippen molar-refractivity contribution in [2.24, 2.45) is 0 Å². The Bertz CT molecular complexity index is 446. The van der Waals surface area contributed by atoms with Crippen LogP contribution in [0, 0.1) is 0 Å². The van der Waals surface area contributed by atoms with Gasteiger partial charge in [-0.2, -0.15) is 0 Å². The fourth-order valence-corrected chi connectivity index (χ4v) is 1.80. The summed E-state index contributed by atoms with van der Waals surface area (Å²) >= 11 is 3.26. The minimum absolute atomic E-state index is 0.0763. The molecule has 0 aliphatic carbocycles. The largest absolute Gasteiger partial charge is 0.355 e. The lowest BCUT2D eigenvalue weighted by Crippen LogP contribution is -2.33. The molecule has 0 spiro atoms. The molecular weight excluding hydrogens is 320 g/mol. The first-order valence-electron chi connectivity index (χ1n) is 6.87. The predicted octanol–water partition coefficient (Wildman–Crippen LogP) is 2.87. The number of benzene rings is 1. The van der Waals surface area contributed by atoms with Crippen LogP contribution in [0.3, 0.4) is 0 Å². The summed E-state index contributed by atoms with van der Waals surface area (Å²) in [6.45, 7) is 4.36. The van der Waals surface area contributed by atoms with Gasteiger partial charge in [0.2, 0.25) is 11.8 Å². The van der Waals surface area contributed by atoms with Crippen LogP contribution in [0.4, 0.5) is 5.69 Å². The topological polar surface area (TPSA) is 58.2 Å². The fraction of sp³-hybridized carbons (Fsp3) is 0.467. The van der Waals surface area contributed by atoms with Crippen molar-refractivity contribution in [2.75, 3.05) is 11.9 Å². The molecule has 1 aromatic rings. The number of halogens is 1. The molecule has 5 heteroatoms. The monoisotopic (exact) mass is 340 g/mol. The quantitative estimate of drug-likeness (QED) is 0.750. The van der Waals surface area contributed by atoms with Gasteiger partial charge in [-0.15, -0.1) is 0 Å². The van der Waals surface area contributed by atoms with E-state index < -0.39 is 0 Å². The smallest absolute Gasteiger partial charge is 0.233 e. The number of alkyl halides is 1. The van der Waals surface area contributed by atoms with Gasteiger partial charge in [0.1, 0.15) is 0 Å². The van der Waals surface area contributed by atoms with Gasteiger partial charge in [0.05, 0.1) is 4.83 Å². The highest BCUT2D eigenvalue weighted by atomic mass is 79.9. The van der Waals surface area contributed by atoms with E-state index >= 15 is 0 Å². The van der Waals surface area contributed by atoms with E-state index in [1.54, 1.807) is 0 Å². The molecule has 2 N–H and O–H groups in total. The van der Waals surface area contributed by atoms with Crippen LogP contribution in [0.25, 0.3) is 0 Å². The number of carbonyl (C=O) groups excluding carboxylic acids is 2. The van der Waals surface area contributed by atoms with Gasteiger partial charge in [0, 0.05) is 18.7 Å². The highest BCUT2D eigenvalue weighted by molar-refractivity contribution is 9.10. The molecular formula is C15H21BrN2O2. The third-order valence-electron chi connectivity index (χ3n) is 2.94. The summed E-state index contributed by atoms with van der Waals surface area (Å²) in [5, 5.41) is 5.53. The molecule has 1 rings (SSSR count). The van der Waals surface area contributed by atoms with E-state index in [4.69, 9.17) is 0 Å². The number of nitrogens with one attached hydrogen (secondary N) is 2. The summed E-state index contributed by atoms with van der Waals surface area (Å²) in [5.41, 5.74) is 2.02. The van der Waals surface area contributed by atoms with Gasteiger partial charge in [-0.1, -0.05) is 41.9 Å². The van der Waals surface area contributed by atoms with Gasteiger partial charge >= 0.3 is 0 Å². The number of aryl methyl sites for hydroxylation is 1. The van der Waals surface area contributed by atoms with Gasteiger partial charge in [0.25, 0.3) is 0 Å². The van der Waals surface area contributed by atoms with Crippen LogP contribution in [0.1, 0.15) is 32.3 Å². The molecule has 0 aromatic heterocycles. The van der Waals surface area contributed by atoms with E-state index in [1.165, 1.54) is 5.56 Å². The van der Waals surface area contributed by atoms with Crippen LogP contribution in [-0.4, -0.2) is 23.2 Å². The van der Waals surface area contributed by atoms with Crippen molar-refractivity contribution in [1.29, 1.82) is 0 Å². The SMILES string of the molecule is CCc1ccc(NC(=O)CCNC(=O)[C@@H](Br)CC)cc1. The molecule has 0 unspecified atom stereocenters. The minimum atomic E-state index is -0.188. The molecule has 20 heavy (non-hydrogen) atoms. The molecule has 4 nitrogen and oxygen atoms in total. The van der Waals surface area contributed by atoms with Crippen LogP contribution in [0.5, 0.6) is 0 Å². The Hall–Kier alpha value is -1.36. The van der Waals surface area contributed by atoms with E-state index in [1.807, 2.05) is 31.2 Å². The number of carbonyl (C=O) groups is 2. The van der Waals surface area contributed by atoms with E-state index in [0.717, 1.165) is 18.5 Å². The van der Waals surface area contributed by atoms with Crippen LogP contribution in [0.2, 0.25) is 0 Å². The lowest BCUT2D eigenvalue weighted by Gasteiger charge is -2.09. The van der Waals surface area contributed by atoms with Crippen LogP contribution >= 0.6 is 15.9 Å². The zero-order valence-electron chi connectivity index (χ0n) is 11.9. The van der Waals surface area contributed by atoms with Crippen molar-refractivity contribution >= 4 is 33.4 Å². The maximum absolute atomic E-state index is 11.7. The molecule has 0 fully saturated rings. The molecule has 1 aromatic carbocycles. The molecule has 1 atom stereocenters. The van der Waals surface area contributed by atoms with Crippen molar-refractivity contribution in [1.82, 2.24) is 5.32 Å². The maximum Gasteiger partial charge on any atom is 0.233 e. The molecule has 0 aliphatic rings. The first kappa shape index (κ1) is 16.7. The van der Waals surface area contributed by atoms with Crippen molar-refractivity contribution < 1.29 is 9.59 Å². The number of amides is 2. The van der Waals surface area contributed by atoms with E-state index in [2.05, 4.69) is 33.5 Å². The number of hydrogen-bond acceptors (Lipinski definition) is 2. The summed E-state index contributed by atoms with van der Waals surface area (Å²) < 4.78 is 0. The van der Waals surface area contributed by atoms with Crippen molar-refractivity contribution in [2.45, 2.75) is 37.9 Å². The lowest BCUT2D eigenvalue weighted by atomic mass is 10.1. The Morgan fingerprint density at radius 1 is 1.20 bits per heavy atom. The maximum atomic E-state index is 11.7. The summed E-state index contributed by atoms with van der Waals surface area (Å²) in [7, 11) is 0. The summed E-state index contributed by atoms with van der Waals surface area (Å²) in [5.74, 6) is -0.176. The molecule has 0 saturated carbocycles. The average molecular weight is 341 g/mol. The zero-order chi connectivity index (χ0) is 15.0. The minimum Gasteiger partial charge on any atom is -0.355 e. The molecule has 0 radical (unpaired) electrons. The summed E-state index contributed by atoms with van der Waals surface area (Å²) in [4.78, 5) is 23.0. The van der Waals surface area contributed by atoms with Crippen molar-refractivity contribution in [3.8, 4) is 0 Å². The third-order valence-corrected chi connectivity index (χ3v) is 4.00. The van der Waals surface area contributed by atoms with E-state index in [9.17, 15) is 9.59 Å². The Morgan fingerprint density at radius 3 is 2.40 bits per heavy atom. The first-order valence-corrected chi connectivity index (χ1v) is 7.79. The standard InChI is InChI=1S/C15H21BrN2O2/c1-3-11-5-7-12(8-6-11)18-14(19)9-10-17-15(20)13(16)4-2/h5-8,13H,3-4,9-10H2,1-2H3,(H,17,20)(H,18,19)/t13-/m0/s1. The van der Waals surface area contributed by atoms with Crippen LogP contribution in [-0.2, 0) is 16.0 Å². The second-order valence-corrected chi connectivity index (χ2v) is 5.62. The molecule has 0 heterocycles. The van der Waals surface area contributed by atoms with Crippen molar-refractivity contribution in [3.05, 3.63) is 29.8 Å². The third kappa shape index (κ3) is 5.74. The molecule has 2 amide bonds. The van der Waals surface area contributed by atoms with Crippen LogP contribution in [0.15, 0.2) is 24.3 Å². The van der Waals surface area contributed by atoms with Gasteiger partial charge in [-0.05, 0) is 30.5 Å². The summed E-state index contributed by atoms with van der Waals surface area (Å²) in [6, 6.07) is 7.77. The Morgan fingerprint density at radius 2 is 1.85 bits per heavy atom. The molecule has 110 valence electrons. The Labute approximate surface area is 128 Å². The second-order valence-electron chi connectivity index (χ2n) is 4.52.